The Morgan fingerprint density at radius 2 is 1.79 bits per heavy atom. The van der Waals surface area contributed by atoms with Gasteiger partial charge in [-0.05, 0) is 48.2 Å². The molecule has 2 amide bonds. The van der Waals surface area contributed by atoms with E-state index in [0.717, 1.165) is 6.07 Å². The van der Waals surface area contributed by atoms with E-state index in [4.69, 9.17) is 10.00 Å². The van der Waals surface area contributed by atoms with Gasteiger partial charge in [0.2, 0.25) is 5.91 Å². The van der Waals surface area contributed by atoms with Gasteiger partial charge in [0, 0.05) is 5.92 Å². The molecular formula is C20H16F3N3O3. The number of nitrogens with zero attached hydrogens (tertiary/aromatic N) is 1. The van der Waals surface area contributed by atoms with Crippen molar-refractivity contribution < 1.29 is 27.5 Å². The summed E-state index contributed by atoms with van der Waals surface area (Å²) >= 11 is 0. The van der Waals surface area contributed by atoms with Crippen LogP contribution in [0.1, 0.15) is 29.0 Å². The lowest BCUT2D eigenvalue weighted by Crippen LogP contribution is -2.44. The summed E-state index contributed by atoms with van der Waals surface area (Å²) < 4.78 is 44.5. The largest absolute Gasteiger partial charge is 0.484 e. The Labute approximate surface area is 164 Å². The van der Waals surface area contributed by atoms with Gasteiger partial charge in [0.25, 0.3) is 5.91 Å². The molecule has 2 aromatic rings. The Morgan fingerprint density at radius 1 is 1.10 bits per heavy atom. The third-order valence-electron chi connectivity index (χ3n) is 4.47. The number of alkyl halides is 3. The number of benzene rings is 2. The van der Waals surface area contributed by atoms with Gasteiger partial charge in [0.15, 0.2) is 6.61 Å². The minimum absolute atomic E-state index is 0.0793. The zero-order chi connectivity index (χ0) is 21.0. The first-order valence-electron chi connectivity index (χ1n) is 8.67. The zero-order valence-electron chi connectivity index (χ0n) is 15.0. The molecule has 0 aliphatic heterocycles. The van der Waals surface area contributed by atoms with Crippen molar-refractivity contribution in [2.45, 2.75) is 18.5 Å². The van der Waals surface area contributed by atoms with Gasteiger partial charge in [0.05, 0.1) is 17.2 Å². The van der Waals surface area contributed by atoms with E-state index in [1.165, 1.54) is 42.5 Å². The summed E-state index contributed by atoms with van der Waals surface area (Å²) in [5, 5.41) is 8.71. The lowest BCUT2D eigenvalue weighted by atomic mass is 10.0. The van der Waals surface area contributed by atoms with Crippen molar-refractivity contribution in [2.24, 2.45) is 5.92 Å². The number of amides is 2. The maximum absolute atomic E-state index is 13.1. The lowest BCUT2D eigenvalue weighted by molar-refractivity contribution is -0.138. The number of hydrogen-bond donors (Lipinski definition) is 2. The Bertz CT molecular complexity index is 952. The van der Waals surface area contributed by atoms with Crippen molar-refractivity contribution in [3.63, 3.8) is 0 Å². The van der Waals surface area contributed by atoms with E-state index in [0.29, 0.717) is 11.3 Å². The number of nitrogens with one attached hydrogen (secondary N) is 2. The van der Waals surface area contributed by atoms with Gasteiger partial charge < -0.3 is 4.74 Å². The molecule has 1 aliphatic rings. The monoisotopic (exact) mass is 403 g/mol. The number of carbonyl (C=O) groups is 2. The summed E-state index contributed by atoms with van der Waals surface area (Å²) in [6.07, 6.45) is -4.21. The predicted octanol–water partition coefficient (Wildman–Crippen LogP) is 2.91. The van der Waals surface area contributed by atoms with E-state index < -0.39 is 35.4 Å². The topological polar surface area (TPSA) is 91.2 Å². The van der Waals surface area contributed by atoms with Crippen LogP contribution in [0.3, 0.4) is 0 Å². The van der Waals surface area contributed by atoms with E-state index in [1.54, 1.807) is 0 Å². The van der Waals surface area contributed by atoms with Crippen LogP contribution in [0.4, 0.5) is 13.2 Å². The molecule has 6 nitrogen and oxygen atoms in total. The van der Waals surface area contributed by atoms with Crippen molar-refractivity contribution in [3.05, 3.63) is 65.2 Å². The average Bonchev–Trinajstić information content (AvgIpc) is 3.51. The van der Waals surface area contributed by atoms with Crippen LogP contribution in [0.25, 0.3) is 0 Å². The molecule has 1 saturated carbocycles. The van der Waals surface area contributed by atoms with Crippen LogP contribution in [0.2, 0.25) is 0 Å². The van der Waals surface area contributed by atoms with Crippen molar-refractivity contribution in [1.29, 1.82) is 5.26 Å². The minimum Gasteiger partial charge on any atom is -0.484 e. The third kappa shape index (κ3) is 5.04. The molecule has 0 spiro atoms. The highest BCUT2D eigenvalue weighted by Gasteiger charge is 2.47. The molecule has 1 aliphatic carbocycles. The van der Waals surface area contributed by atoms with Gasteiger partial charge in [-0.1, -0.05) is 18.2 Å². The SMILES string of the molecule is N#Cc1ccc(OCC(=O)NNC(=O)C2CC2c2ccccc2C(F)(F)F)cc1. The number of halogens is 3. The molecule has 9 heteroatoms. The van der Waals surface area contributed by atoms with Crippen LogP contribution in [0, 0.1) is 17.2 Å². The average molecular weight is 403 g/mol. The summed E-state index contributed by atoms with van der Waals surface area (Å²) in [5.41, 5.74) is 4.16. The van der Waals surface area contributed by atoms with Crippen LogP contribution in [0.5, 0.6) is 5.75 Å². The molecule has 2 atom stereocenters. The predicted molar refractivity (Wildman–Crippen MR) is 95.2 cm³/mol. The molecule has 0 radical (unpaired) electrons. The van der Waals surface area contributed by atoms with Crippen LogP contribution in [-0.4, -0.2) is 18.4 Å². The first-order chi connectivity index (χ1) is 13.8. The first-order valence-corrected chi connectivity index (χ1v) is 8.67. The van der Waals surface area contributed by atoms with Gasteiger partial charge in [-0.3, -0.25) is 20.4 Å². The van der Waals surface area contributed by atoms with E-state index in [-0.39, 0.29) is 18.6 Å². The van der Waals surface area contributed by atoms with E-state index in [9.17, 15) is 22.8 Å². The molecule has 150 valence electrons. The van der Waals surface area contributed by atoms with Crippen molar-refractivity contribution in [1.82, 2.24) is 10.9 Å². The highest BCUT2D eigenvalue weighted by Crippen LogP contribution is 2.50. The molecule has 3 rings (SSSR count). The van der Waals surface area contributed by atoms with Gasteiger partial charge in [-0.2, -0.15) is 18.4 Å². The fraction of sp³-hybridized carbons (Fsp3) is 0.250. The molecule has 0 aromatic heterocycles. The lowest BCUT2D eigenvalue weighted by Gasteiger charge is -2.12. The number of rotatable bonds is 5. The normalized spacial score (nSPS) is 17.7. The highest BCUT2D eigenvalue weighted by molar-refractivity contribution is 5.86. The molecule has 2 N–H and O–H groups in total. The molecule has 0 bridgehead atoms. The fourth-order valence-corrected chi connectivity index (χ4v) is 2.94. The van der Waals surface area contributed by atoms with Crippen LogP contribution >= 0.6 is 0 Å². The van der Waals surface area contributed by atoms with Crippen LogP contribution in [-0.2, 0) is 15.8 Å². The second kappa shape index (κ2) is 8.22. The number of hydrogen-bond acceptors (Lipinski definition) is 4. The zero-order valence-corrected chi connectivity index (χ0v) is 15.0. The van der Waals surface area contributed by atoms with Crippen LogP contribution in [0.15, 0.2) is 48.5 Å². The minimum atomic E-state index is -4.49. The Kier molecular flexibility index (Phi) is 5.73. The summed E-state index contributed by atoms with van der Waals surface area (Å²) in [7, 11) is 0. The molecule has 0 saturated heterocycles. The highest BCUT2D eigenvalue weighted by atomic mass is 19.4. The molecule has 1 fully saturated rings. The fourth-order valence-electron chi connectivity index (χ4n) is 2.94. The quantitative estimate of drug-likeness (QED) is 0.751. The second-order valence-electron chi connectivity index (χ2n) is 6.50. The summed E-state index contributed by atoms with van der Waals surface area (Å²) in [5.74, 6) is -2.00. The van der Waals surface area contributed by atoms with E-state index >= 15 is 0 Å². The van der Waals surface area contributed by atoms with E-state index in [1.807, 2.05) is 6.07 Å². The van der Waals surface area contributed by atoms with Crippen LogP contribution < -0.4 is 15.6 Å². The maximum atomic E-state index is 13.1. The van der Waals surface area contributed by atoms with Gasteiger partial charge in [0.1, 0.15) is 5.75 Å². The third-order valence-corrected chi connectivity index (χ3v) is 4.47. The number of hydrazine groups is 1. The van der Waals surface area contributed by atoms with Gasteiger partial charge in [-0.25, -0.2) is 0 Å². The van der Waals surface area contributed by atoms with Gasteiger partial charge >= 0.3 is 6.18 Å². The molecular weight excluding hydrogens is 387 g/mol. The van der Waals surface area contributed by atoms with Gasteiger partial charge in [-0.15, -0.1) is 0 Å². The van der Waals surface area contributed by atoms with E-state index in [2.05, 4.69) is 10.9 Å². The smallest absolute Gasteiger partial charge is 0.416 e. The van der Waals surface area contributed by atoms with Crippen molar-refractivity contribution in [3.8, 4) is 11.8 Å². The molecule has 0 heterocycles. The summed E-state index contributed by atoms with van der Waals surface area (Å²) in [4.78, 5) is 23.9. The maximum Gasteiger partial charge on any atom is 0.416 e. The molecule has 2 aromatic carbocycles. The molecule has 2 unspecified atom stereocenters. The van der Waals surface area contributed by atoms with Crippen molar-refractivity contribution in [2.75, 3.05) is 6.61 Å². The first kappa shape index (κ1) is 20.2. The summed E-state index contributed by atoms with van der Waals surface area (Å²) in [6, 6.07) is 13.2. The summed E-state index contributed by atoms with van der Waals surface area (Å²) in [6.45, 7) is -0.378. The molecule has 29 heavy (non-hydrogen) atoms. The second-order valence-corrected chi connectivity index (χ2v) is 6.50. The Morgan fingerprint density at radius 3 is 2.45 bits per heavy atom. The number of ether oxygens (including phenoxy) is 1. The Balaban J connectivity index is 1.47. The number of nitriles is 1. The Hall–Kier alpha value is -3.54. The van der Waals surface area contributed by atoms with Crippen molar-refractivity contribution >= 4 is 11.8 Å². The standard InChI is InChI=1S/C20H16F3N3O3/c21-20(22,23)17-4-2-1-3-14(17)15-9-16(15)19(28)26-25-18(27)11-29-13-7-5-12(10-24)6-8-13/h1-8,15-16H,9,11H2,(H,25,27)(H,26,28). The number of carbonyl (C=O) groups excluding carboxylic acids is 2.